The van der Waals surface area contributed by atoms with Crippen molar-refractivity contribution in [1.29, 1.82) is 0 Å². The first-order valence-corrected chi connectivity index (χ1v) is 4.35. The molecule has 5 heteroatoms. The van der Waals surface area contributed by atoms with Crippen molar-refractivity contribution in [3.63, 3.8) is 0 Å². The zero-order chi connectivity index (χ0) is 7.97. The van der Waals surface area contributed by atoms with Gasteiger partial charge in [-0.3, -0.25) is 4.98 Å². The molecular formula is C7H4N4S. The maximum Gasteiger partial charge on any atom is 0.213 e. The van der Waals surface area contributed by atoms with Crippen LogP contribution in [0.3, 0.4) is 0 Å². The molecule has 0 saturated carbocycles. The Bertz CT molecular complexity index is 537. The summed E-state index contributed by atoms with van der Waals surface area (Å²) in [6.07, 6.45) is 3.51. The maximum atomic E-state index is 4.35. The second-order valence-corrected chi connectivity index (χ2v) is 3.22. The smallest absolute Gasteiger partial charge is 0.213 e. The van der Waals surface area contributed by atoms with E-state index in [1.807, 2.05) is 6.07 Å². The Morgan fingerprint density at radius 1 is 1.42 bits per heavy atom. The molecule has 0 bridgehead atoms. The molecule has 0 N–H and O–H groups in total. The van der Waals surface area contributed by atoms with Crippen molar-refractivity contribution in [2.24, 2.45) is 0 Å². The van der Waals surface area contributed by atoms with Crippen LogP contribution < -0.4 is 0 Å². The van der Waals surface area contributed by atoms with E-state index in [1.54, 1.807) is 22.4 Å². The number of hydrogen-bond acceptors (Lipinski definition) is 4. The molecule has 0 aromatic carbocycles. The summed E-state index contributed by atoms with van der Waals surface area (Å²) in [4.78, 5) is 9.29. The fourth-order valence-electron chi connectivity index (χ4n) is 1.20. The molecule has 4 nitrogen and oxygen atoms in total. The minimum Gasteiger partial charge on any atom is -0.262 e. The van der Waals surface area contributed by atoms with Gasteiger partial charge in [-0.15, -0.1) is 0 Å². The summed E-state index contributed by atoms with van der Waals surface area (Å²) in [6, 6.07) is 1.89. The summed E-state index contributed by atoms with van der Waals surface area (Å²) in [5, 5.41) is 4.14. The highest BCUT2D eigenvalue weighted by Crippen LogP contribution is 2.16. The molecule has 0 spiro atoms. The van der Waals surface area contributed by atoms with Crippen molar-refractivity contribution in [2.75, 3.05) is 0 Å². The lowest BCUT2D eigenvalue weighted by Crippen LogP contribution is -1.81. The van der Waals surface area contributed by atoms with E-state index in [-0.39, 0.29) is 0 Å². The van der Waals surface area contributed by atoms with Gasteiger partial charge in [0.15, 0.2) is 0 Å². The summed E-state index contributed by atoms with van der Waals surface area (Å²) in [5.41, 5.74) is 3.69. The Kier molecular flexibility index (Phi) is 1.02. The van der Waals surface area contributed by atoms with Crippen molar-refractivity contribution in [2.45, 2.75) is 0 Å². The number of hydrogen-bond donors (Lipinski definition) is 0. The highest BCUT2D eigenvalue weighted by Gasteiger charge is 2.04. The first kappa shape index (κ1) is 6.07. The minimum absolute atomic E-state index is 0.915. The number of aromatic nitrogens is 4. The van der Waals surface area contributed by atoms with Crippen molar-refractivity contribution < 1.29 is 0 Å². The number of nitrogens with zero attached hydrogens (tertiary/aromatic N) is 4. The third-order valence-electron chi connectivity index (χ3n) is 1.72. The second kappa shape index (κ2) is 2.01. The standard InChI is InChI=1S/C7H4N4S/c1-2-8-3-6-5(1)10-7-11(6)9-4-12-7/h1-4H. The largest absolute Gasteiger partial charge is 0.262 e. The van der Waals surface area contributed by atoms with Crippen LogP contribution in [-0.2, 0) is 0 Å². The van der Waals surface area contributed by atoms with E-state index in [9.17, 15) is 0 Å². The Balaban J connectivity index is 2.68. The molecule has 3 aromatic rings. The number of rotatable bonds is 0. The van der Waals surface area contributed by atoms with E-state index in [4.69, 9.17) is 0 Å². The van der Waals surface area contributed by atoms with Crippen LogP contribution in [0.1, 0.15) is 0 Å². The Hall–Kier alpha value is -1.49. The number of imidazole rings is 1. The van der Waals surface area contributed by atoms with E-state index in [2.05, 4.69) is 15.1 Å². The van der Waals surface area contributed by atoms with Gasteiger partial charge in [-0.2, -0.15) is 5.10 Å². The first-order chi connectivity index (χ1) is 5.95. The van der Waals surface area contributed by atoms with Gasteiger partial charge in [0.25, 0.3) is 0 Å². The Morgan fingerprint density at radius 2 is 2.42 bits per heavy atom. The van der Waals surface area contributed by atoms with Crippen molar-refractivity contribution in [1.82, 2.24) is 19.6 Å². The van der Waals surface area contributed by atoms with Crippen LogP contribution in [0.2, 0.25) is 0 Å². The minimum atomic E-state index is 0.915. The molecule has 0 saturated heterocycles. The van der Waals surface area contributed by atoms with Crippen LogP contribution in [0, 0.1) is 0 Å². The fraction of sp³-hybridized carbons (Fsp3) is 0. The molecule has 0 atom stereocenters. The van der Waals surface area contributed by atoms with Gasteiger partial charge in [0.1, 0.15) is 11.0 Å². The third-order valence-corrected chi connectivity index (χ3v) is 2.40. The SMILES string of the molecule is c1cc2nc3scnn3c2cn1. The quantitative estimate of drug-likeness (QED) is 0.519. The molecule has 0 aliphatic heterocycles. The van der Waals surface area contributed by atoms with Crippen LogP contribution in [0.4, 0.5) is 0 Å². The molecule has 58 valence electrons. The topological polar surface area (TPSA) is 43.1 Å². The molecule has 0 aliphatic carbocycles. The summed E-state index contributed by atoms with van der Waals surface area (Å²) < 4.78 is 1.80. The number of pyridine rings is 1. The molecule has 12 heavy (non-hydrogen) atoms. The predicted molar refractivity (Wildman–Crippen MR) is 46.2 cm³/mol. The second-order valence-electron chi connectivity index (χ2n) is 2.41. The van der Waals surface area contributed by atoms with Crippen LogP contribution >= 0.6 is 11.3 Å². The van der Waals surface area contributed by atoms with Crippen molar-refractivity contribution >= 4 is 27.3 Å². The number of fused-ring (bicyclic) bond motifs is 3. The normalized spacial score (nSPS) is 11.3. The highest BCUT2D eigenvalue weighted by atomic mass is 32.1. The van der Waals surface area contributed by atoms with E-state index in [0.717, 1.165) is 16.0 Å². The Morgan fingerprint density at radius 3 is 3.42 bits per heavy atom. The van der Waals surface area contributed by atoms with Gasteiger partial charge in [-0.1, -0.05) is 11.3 Å². The van der Waals surface area contributed by atoms with E-state index < -0.39 is 0 Å². The van der Waals surface area contributed by atoms with Crippen LogP contribution in [0.25, 0.3) is 16.0 Å². The van der Waals surface area contributed by atoms with Crippen LogP contribution in [0.5, 0.6) is 0 Å². The highest BCUT2D eigenvalue weighted by molar-refractivity contribution is 7.14. The third kappa shape index (κ3) is 0.634. The van der Waals surface area contributed by atoms with E-state index >= 15 is 0 Å². The van der Waals surface area contributed by atoms with Crippen molar-refractivity contribution in [3.05, 3.63) is 24.0 Å². The van der Waals surface area contributed by atoms with Gasteiger partial charge in [-0.25, -0.2) is 9.50 Å². The van der Waals surface area contributed by atoms with E-state index in [0.29, 0.717) is 0 Å². The van der Waals surface area contributed by atoms with Gasteiger partial charge in [-0.05, 0) is 6.07 Å². The summed E-state index contributed by atoms with van der Waals surface area (Å²) >= 11 is 1.53. The monoisotopic (exact) mass is 176 g/mol. The van der Waals surface area contributed by atoms with Gasteiger partial charge in [0.05, 0.1) is 11.7 Å². The van der Waals surface area contributed by atoms with Crippen LogP contribution in [0.15, 0.2) is 24.0 Å². The maximum absolute atomic E-state index is 4.35. The predicted octanol–water partition coefficient (Wildman–Crippen LogP) is 1.34. The summed E-state index contributed by atoms with van der Waals surface area (Å²) in [5.74, 6) is 0. The summed E-state index contributed by atoms with van der Waals surface area (Å²) in [6.45, 7) is 0. The zero-order valence-corrected chi connectivity index (χ0v) is 6.82. The first-order valence-electron chi connectivity index (χ1n) is 3.47. The van der Waals surface area contributed by atoms with Gasteiger partial charge < -0.3 is 0 Å². The fourth-order valence-corrected chi connectivity index (χ4v) is 1.83. The zero-order valence-electron chi connectivity index (χ0n) is 6.01. The molecule has 0 radical (unpaired) electrons. The average molecular weight is 176 g/mol. The Labute approximate surface area is 71.5 Å². The van der Waals surface area contributed by atoms with Gasteiger partial charge in [0, 0.05) is 6.20 Å². The van der Waals surface area contributed by atoms with Gasteiger partial charge >= 0.3 is 0 Å². The van der Waals surface area contributed by atoms with Crippen LogP contribution in [-0.4, -0.2) is 19.6 Å². The molecule has 0 fully saturated rings. The molecule has 3 heterocycles. The molecule has 0 aliphatic rings. The molecule has 0 amide bonds. The lowest BCUT2D eigenvalue weighted by atomic mass is 10.4. The van der Waals surface area contributed by atoms with Crippen molar-refractivity contribution in [3.8, 4) is 0 Å². The van der Waals surface area contributed by atoms with E-state index in [1.165, 1.54) is 11.3 Å². The molecule has 3 rings (SSSR count). The average Bonchev–Trinajstić information content (AvgIpc) is 2.62. The molecule has 3 aromatic heterocycles. The van der Waals surface area contributed by atoms with Gasteiger partial charge in [0.2, 0.25) is 4.96 Å². The lowest BCUT2D eigenvalue weighted by molar-refractivity contribution is 1.00. The summed E-state index contributed by atoms with van der Waals surface area (Å²) in [7, 11) is 0. The lowest BCUT2D eigenvalue weighted by Gasteiger charge is -1.84. The molecular weight excluding hydrogens is 172 g/mol. The molecule has 0 unspecified atom stereocenters.